The number of aryl methyl sites for hydroxylation is 1. The van der Waals surface area contributed by atoms with Gasteiger partial charge in [0.1, 0.15) is 5.58 Å². The highest BCUT2D eigenvalue weighted by Gasteiger charge is 2.26. The molecule has 0 bridgehead atoms. The molecule has 3 rings (SSSR count). The first-order chi connectivity index (χ1) is 11.1. The van der Waals surface area contributed by atoms with Crippen LogP contribution in [0, 0.1) is 0 Å². The van der Waals surface area contributed by atoms with E-state index in [1.54, 1.807) is 6.07 Å². The van der Waals surface area contributed by atoms with Crippen molar-refractivity contribution in [2.75, 3.05) is 6.54 Å². The zero-order valence-electron chi connectivity index (χ0n) is 13.9. The summed E-state index contributed by atoms with van der Waals surface area (Å²) in [5, 5.41) is 11.0. The van der Waals surface area contributed by atoms with Crippen molar-refractivity contribution in [2.45, 2.75) is 58.2 Å². The second-order valence-electron chi connectivity index (χ2n) is 6.55. The van der Waals surface area contributed by atoms with Gasteiger partial charge in [-0.05, 0) is 49.9 Å². The number of hydrogen-bond acceptors (Lipinski definition) is 4. The summed E-state index contributed by atoms with van der Waals surface area (Å²) >= 11 is 0. The first-order valence-electron chi connectivity index (χ1n) is 8.56. The minimum atomic E-state index is -0.353. The Balaban J connectivity index is 1.97. The number of aliphatic hydroxyl groups is 1. The predicted octanol–water partition coefficient (Wildman–Crippen LogP) is 3.09. The number of hydrogen-bond donors (Lipinski definition) is 1. The van der Waals surface area contributed by atoms with Crippen molar-refractivity contribution in [3.05, 3.63) is 45.8 Å². The van der Waals surface area contributed by atoms with Crippen LogP contribution in [-0.4, -0.2) is 28.7 Å². The predicted molar refractivity (Wildman–Crippen MR) is 91.6 cm³/mol. The molecule has 4 heteroatoms. The largest absolute Gasteiger partial charge is 0.423 e. The second-order valence-corrected chi connectivity index (χ2v) is 6.55. The summed E-state index contributed by atoms with van der Waals surface area (Å²) in [5.41, 5.74) is 2.52. The Morgan fingerprint density at radius 1 is 1.35 bits per heavy atom. The fourth-order valence-electron chi connectivity index (χ4n) is 3.60. The normalized spacial score (nSPS) is 20.7. The summed E-state index contributed by atoms with van der Waals surface area (Å²) in [6.45, 7) is 5.59. The average molecular weight is 315 g/mol. The molecule has 2 unspecified atom stereocenters. The van der Waals surface area contributed by atoms with E-state index in [4.69, 9.17) is 4.42 Å². The van der Waals surface area contributed by atoms with Crippen LogP contribution in [0.25, 0.3) is 11.0 Å². The maximum atomic E-state index is 11.9. The fourth-order valence-corrected chi connectivity index (χ4v) is 3.60. The molecule has 0 aliphatic carbocycles. The average Bonchev–Trinajstić information content (AvgIpc) is 2.54. The van der Waals surface area contributed by atoms with Gasteiger partial charge in [0.25, 0.3) is 0 Å². The van der Waals surface area contributed by atoms with Crippen molar-refractivity contribution < 1.29 is 9.52 Å². The third kappa shape index (κ3) is 3.48. The molecule has 2 heterocycles. The third-order valence-corrected chi connectivity index (χ3v) is 4.90. The van der Waals surface area contributed by atoms with E-state index in [2.05, 4.69) is 17.9 Å². The van der Waals surface area contributed by atoms with E-state index in [9.17, 15) is 9.90 Å². The van der Waals surface area contributed by atoms with Gasteiger partial charge in [-0.2, -0.15) is 0 Å². The molecule has 1 fully saturated rings. The quantitative estimate of drug-likeness (QED) is 0.881. The number of likely N-dealkylation sites (tertiary alicyclic amines) is 1. The van der Waals surface area contributed by atoms with Crippen molar-refractivity contribution in [1.82, 2.24) is 4.90 Å². The Morgan fingerprint density at radius 2 is 2.17 bits per heavy atom. The zero-order chi connectivity index (χ0) is 16.4. The van der Waals surface area contributed by atoms with Crippen LogP contribution < -0.4 is 5.63 Å². The van der Waals surface area contributed by atoms with E-state index < -0.39 is 0 Å². The maximum absolute atomic E-state index is 11.9. The van der Waals surface area contributed by atoms with Crippen LogP contribution >= 0.6 is 0 Å². The molecule has 2 aromatic rings. The van der Waals surface area contributed by atoms with Crippen molar-refractivity contribution in [3.8, 4) is 0 Å². The van der Waals surface area contributed by atoms with E-state index >= 15 is 0 Å². The molecule has 4 nitrogen and oxygen atoms in total. The Labute approximate surface area is 136 Å². The summed E-state index contributed by atoms with van der Waals surface area (Å²) in [5.74, 6) is 0. The van der Waals surface area contributed by atoms with E-state index in [1.807, 2.05) is 19.1 Å². The van der Waals surface area contributed by atoms with Crippen LogP contribution in [0.15, 0.2) is 33.5 Å². The summed E-state index contributed by atoms with van der Waals surface area (Å²) in [7, 11) is 0. The fraction of sp³-hybridized carbons (Fsp3) is 0.526. The lowest BCUT2D eigenvalue weighted by Crippen LogP contribution is -2.45. The third-order valence-electron chi connectivity index (χ3n) is 4.90. The molecule has 2 atom stereocenters. The molecule has 1 aromatic heterocycles. The van der Waals surface area contributed by atoms with Crippen LogP contribution in [0.2, 0.25) is 0 Å². The number of aliphatic hydroxyl groups excluding tert-OH is 1. The molecule has 0 saturated carbocycles. The van der Waals surface area contributed by atoms with Crippen LogP contribution in [0.3, 0.4) is 0 Å². The highest BCUT2D eigenvalue weighted by molar-refractivity contribution is 5.80. The molecule has 1 aliphatic rings. The van der Waals surface area contributed by atoms with Crippen LogP contribution in [0.4, 0.5) is 0 Å². The molecular weight excluding hydrogens is 290 g/mol. The van der Waals surface area contributed by atoms with Gasteiger partial charge in [-0.3, -0.25) is 4.90 Å². The molecule has 1 aromatic carbocycles. The minimum absolute atomic E-state index is 0.168. The zero-order valence-corrected chi connectivity index (χ0v) is 13.9. The highest BCUT2D eigenvalue weighted by atomic mass is 16.4. The Hall–Kier alpha value is -1.65. The van der Waals surface area contributed by atoms with E-state index in [0.717, 1.165) is 48.7 Å². The van der Waals surface area contributed by atoms with Crippen molar-refractivity contribution in [1.29, 1.82) is 0 Å². The van der Waals surface area contributed by atoms with Gasteiger partial charge in [-0.15, -0.1) is 0 Å². The Morgan fingerprint density at radius 3 is 2.91 bits per heavy atom. The summed E-state index contributed by atoms with van der Waals surface area (Å²) in [6, 6.07) is 7.87. The lowest BCUT2D eigenvalue weighted by atomic mass is 9.97. The number of benzene rings is 1. The molecule has 1 aliphatic heterocycles. The van der Waals surface area contributed by atoms with Crippen LogP contribution in [-0.2, 0) is 13.0 Å². The summed E-state index contributed by atoms with van der Waals surface area (Å²) in [4.78, 5) is 14.2. The first kappa shape index (κ1) is 16.2. The number of piperidine rings is 1. The number of fused-ring (bicyclic) bond motifs is 1. The first-order valence-corrected chi connectivity index (χ1v) is 8.56. The van der Waals surface area contributed by atoms with E-state index in [-0.39, 0.29) is 17.8 Å². The van der Waals surface area contributed by atoms with Gasteiger partial charge in [0, 0.05) is 24.0 Å². The number of rotatable bonds is 4. The molecule has 124 valence electrons. The van der Waals surface area contributed by atoms with Gasteiger partial charge < -0.3 is 9.52 Å². The Bertz CT molecular complexity index is 735. The van der Waals surface area contributed by atoms with Gasteiger partial charge in [-0.25, -0.2) is 4.79 Å². The summed E-state index contributed by atoms with van der Waals surface area (Å²) in [6.07, 6.45) is 3.87. The van der Waals surface area contributed by atoms with Gasteiger partial charge in [0.2, 0.25) is 0 Å². The highest BCUT2D eigenvalue weighted by Crippen LogP contribution is 2.25. The maximum Gasteiger partial charge on any atom is 0.336 e. The van der Waals surface area contributed by atoms with Crippen molar-refractivity contribution >= 4 is 11.0 Å². The Kier molecular flexibility index (Phi) is 4.83. The van der Waals surface area contributed by atoms with Crippen molar-refractivity contribution in [2.24, 2.45) is 0 Å². The molecule has 23 heavy (non-hydrogen) atoms. The second kappa shape index (κ2) is 6.85. The van der Waals surface area contributed by atoms with E-state index in [1.165, 1.54) is 0 Å². The minimum Gasteiger partial charge on any atom is -0.423 e. The number of nitrogens with zero attached hydrogens (tertiary/aromatic N) is 1. The summed E-state index contributed by atoms with van der Waals surface area (Å²) < 4.78 is 5.38. The SMILES string of the molecule is CCc1ccc2c(CN3CCCCC3C(C)O)cc(=O)oc2c1. The smallest absolute Gasteiger partial charge is 0.336 e. The monoisotopic (exact) mass is 315 g/mol. The lowest BCUT2D eigenvalue weighted by Gasteiger charge is -2.37. The molecule has 1 saturated heterocycles. The molecular formula is C19H25NO3. The molecule has 0 spiro atoms. The molecule has 0 amide bonds. The van der Waals surface area contributed by atoms with Gasteiger partial charge in [0.05, 0.1) is 6.10 Å². The standard InChI is InChI=1S/C19H25NO3/c1-3-14-7-8-16-15(11-19(22)23-18(16)10-14)12-20-9-5-4-6-17(20)13(2)21/h7-8,10-11,13,17,21H,3-6,9,12H2,1-2H3. The lowest BCUT2D eigenvalue weighted by molar-refractivity contribution is 0.0318. The van der Waals surface area contributed by atoms with E-state index in [0.29, 0.717) is 12.1 Å². The van der Waals surface area contributed by atoms with Gasteiger partial charge in [-0.1, -0.05) is 25.5 Å². The topological polar surface area (TPSA) is 53.7 Å². The molecule has 1 N–H and O–H groups in total. The van der Waals surface area contributed by atoms with Gasteiger partial charge >= 0.3 is 5.63 Å². The molecule has 0 radical (unpaired) electrons. The van der Waals surface area contributed by atoms with Crippen LogP contribution in [0.5, 0.6) is 0 Å². The van der Waals surface area contributed by atoms with Crippen molar-refractivity contribution in [3.63, 3.8) is 0 Å². The van der Waals surface area contributed by atoms with Crippen LogP contribution in [0.1, 0.15) is 44.2 Å². The van der Waals surface area contributed by atoms with Gasteiger partial charge in [0.15, 0.2) is 0 Å².